The van der Waals surface area contributed by atoms with E-state index in [0.717, 1.165) is 30.7 Å². The first kappa shape index (κ1) is 11.0. The predicted octanol–water partition coefficient (Wildman–Crippen LogP) is 2.72. The van der Waals surface area contributed by atoms with E-state index in [1.54, 1.807) is 12.1 Å². The number of nitrogens with zero attached hydrogens (tertiary/aromatic N) is 1. The van der Waals surface area contributed by atoms with Gasteiger partial charge in [0.1, 0.15) is 5.82 Å². The molecule has 1 aliphatic carbocycles. The monoisotopic (exact) mass is 234 g/mol. The third-order valence-electron chi connectivity index (χ3n) is 4.08. The average Bonchev–Trinajstić information content (AvgIpc) is 2.91. The van der Waals surface area contributed by atoms with Crippen LogP contribution in [0, 0.1) is 11.7 Å². The van der Waals surface area contributed by atoms with Gasteiger partial charge < -0.3 is 5.32 Å². The van der Waals surface area contributed by atoms with E-state index in [4.69, 9.17) is 0 Å². The normalized spacial score (nSPS) is 27.6. The minimum Gasteiger partial charge on any atom is -0.384 e. The molecule has 1 aromatic rings. The molecule has 2 unspecified atom stereocenters. The van der Waals surface area contributed by atoms with Crippen molar-refractivity contribution < 1.29 is 4.39 Å². The third-order valence-corrected chi connectivity index (χ3v) is 4.08. The molecule has 0 amide bonds. The van der Waals surface area contributed by atoms with Gasteiger partial charge in [0.15, 0.2) is 0 Å². The molecule has 17 heavy (non-hydrogen) atoms. The molecule has 3 heteroatoms. The van der Waals surface area contributed by atoms with E-state index >= 15 is 0 Å². The standard InChI is InChI=1S/C14H19FN2/c15-12-2-1-3-13(9-12)16-6-7-17-10-11-4-5-14(17)8-11/h1-3,9,11,14,16H,4-8,10H2. The summed E-state index contributed by atoms with van der Waals surface area (Å²) >= 11 is 0. The highest BCUT2D eigenvalue weighted by Gasteiger charge is 2.36. The number of benzene rings is 1. The quantitative estimate of drug-likeness (QED) is 0.861. The molecule has 0 radical (unpaired) electrons. The lowest BCUT2D eigenvalue weighted by Crippen LogP contribution is -2.35. The van der Waals surface area contributed by atoms with Crippen molar-refractivity contribution in [3.8, 4) is 0 Å². The van der Waals surface area contributed by atoms with Gasteiger partial charge in [-0.3, -0.25) is 4.90 Å². The van der Waals surface area contributed by atoms with Gasteiger partial charge in [-0.15, -0.1) is 0 Å². The first-order chi connectivity index (χ1) is 8.31. The average molecular weight is 234 g/mol. The van der Waals surface area contributed by atoms with Crippen molar-refractivity contribution in [1.29, 1.82) is 0 Å². The molecule has 1 saturated carbocycles. The van der Waals surface area contributed by atoms with Crippen LogP contribution in [0.25, 0.3) is 0 Å². The van der Waals surface area contributed by atoms with Crippen LogP contribution in [0.2, 0.25) is 0 Å². The van der Waals surface area contributed by atoms with Crippen LogP contribution in [0.3, 0.4) is 0 Å². The molecule has 2 nitrogen and oxygen atoms in total. The fraction of sp³-hybridized carbons (Fsp3) is 0.571. The lowest BCUT2D eigenvalue weighted by Gasteiger charge is -2.26. The first-order valence-electron chi connectivity index (χ1n) is 6.55. The number of nitrogens with one attached hydrogen (secondary N) is 1. The summed E-state index contributed by atoms with van der Waals surface area (Å²) in [4.78, 5) is 2.58. The molecule has 1 heterocycles. The van der Waals surface area contributed by atoms with Gasteiger partial charge in [-0.1, -0.05) is 6.07 Å². The van der Waals surface area contributed by atoms with Gasteiger partial charge in [-0.2, -0.15) is 0 Å². The van der Waals surface area contributed by atoms with Gasteiger partial charge >= 0.3 is 0 Å². The Morgan fingerprint density at radius 1 is 1.35 bits per heavy atom. The summed E-state index contributed by atoms with van der Waals surface area (Å²) in [6.45, 7) is 3.26. The first-order valence-corrected chi connectivity index (χ1v) is 6.55. The fourth-order valence-electron chi connectivity index (χ4n) is 3.24. The molecule has 1 saturated heterocycles. The number of rotatable bonds is 4. The lowest BCUT2D eigenvalue weighted by atomic mass is 10.1. The summed E-state index contributed by atoms with van der Waals surface area (Å²) in [5, 5.41) is 3.29. The molecule has 2 fully saturated rings. The maximum absolute atomic E-state index is 13.0. The fourth-order valence-corrected chi connectivity index (χ4v) is 3.24. The van der Waals surface area contributed by atoms with E-state index < -0.39 is 0 Å². The third kappa shape index (κ3) is 2.44. The van der Waals surface area contributed by atoms with Crippen LogP contribution in [0.15, 0.2) is 24.3 Å². The Morgan fingerprint density at radius 2 is 2.29 bits per heavy atom. The van der Waals surface area contributed by atoms with E-state index in [1.807, 2.05) is 6.07 Å². The SMILES string of the molecule is Fc1cccc(NCCN2CC3CCC2C3)c1. The molecule has 3 rings (SSSR count). The summed E-state index contributed by atoms with van der Waals surface area (Å²) in [7, 11) is 0. The predicted molar refractivity (Wildman–Crippen MR) is 67.6 cm³/mol. The second-order valence-corrected chi connectivity index (χ2v) is 5.26. The Kier molecular flexibility index (Phi) is 3.02. The number of halogens is 1. The van der Waals surface area contributed by atoms with Crippen molar-refractivity contribution in [2.45, 2.75) is 25.3 Å². The Hall–Kier alpha value is -1.09. The molecule has 92 valence electrons. The van der Waals surface area contributed by atoms with Gasteiger partial charge in [-0.05, 0) is 43.4 Å². The molecule has 1 N–H and O–H groups in total. The summed E-state index contributed by atoms with van der Waals surface area (Å²) in [6.07, 6.45) is 4.21. The molecule has 0 aromatic heterocycles. The van der Waals surface area contributed by atoms with Crippen LogP contribution in [0.4, 0.5) is 10.1 Å². The zero-order valence-electron chi connectivity index (χ0n) is 10.0. The Morgan fingerprint density at radius 3 is 3.00 bits per heavy atom. The van der Waals surface area contributed by atoms with Gasteiger partial charge in [-0.25, -0.2) is 4.39 Å². The van der Waals surface area contributed by atoms with Crippen molar-refractivity contribution in [2.24, 2.45) is 5.92 Å². The van der Waals surface area contributed by atoms with Gasteiger partial charge in [0.05, 0.1) is 0 Å². The highest BCUT2D eigenvalue weighted by atomic mass is 19.1. The zero-order valence-corrected chi connectivity index (χ0v) is 10.0. The van der Waals surface area contributed by atoms with Crippen LogP contribution in [-0.2, 0) is 0 Å². The minimum atomic E-state index is -0.171. The molecular weight excluding hydrogens is 215 g/mol. The van der Waals surface area contributed by atoms with E-state index in [0.29, 0.717) is 0 Å². The van der Waals surface area contributed by atoms with Crippen LogP contribution in [-0.4, -0.2) is 30.6 Å². The molecule has 1 aliphatic heterocycles. The second-order valence-electron chi connectivity index (χ2n) is 5.26. The molecule has 2 bridgehead atoms. The van der Waals surface area contributed by atoms with Gasteiger partial charge in [0, 0.05) is 31.4 Å². The highest BCUT2D eigenvalue weighted by molar-refractivity contribution is 5.42. The summed E-state index contributed by atoms with van der Waals surface area (Å²) in [6, 6.07) is 7.52. The largest absolute Gasteiger partial charge is 0.384 e. The van der Waals surface area contributed by atoms with Crippen molar-refractivity contribution >= 4 is 5.69 Å². The number of anilines is 1. The van der Waals surface area contributed by atoms with Crippen LogP contribution < -0.4 is 5.32 Å². The number of piperidine rings is 1. The van der Waals surface area contributed by atoms with Crippen molar-refractivity contribution in [2.75, 3.05) is 25.0 Å². The van der Waals surface area contributed by atoms with E-state index in [-0.39, 0.29) is 5.82 Å². The van der Waals surface area contributed by atoms with Gasteiger partial charge in [0.2, 0.25) is 0 Å². The summed E-state index contributed by atoms with van der Waals surface area (Å²) in [5.74, 6) is 0.782. The molecule has 0 spiro atoms. The lowest BCUT2D eigenvalue weighted by molar-refractivity contribution is 0.221. The smallest absolute Gasteiger partial charge is 0.125 e. The maximum Gasteiger partial charge on any atom is 0.125 e. The molecule has 2 aliphatic rings. The van der Waals surface area contributed by atoms with Crippen LogP contribution in [0.5, 0.6) is 0 Å². The molecular formula is C14H19FN2. The van der Waals surface area contributed by atoms with Gasteiger partial charge in [0.25, 0.3) is 0 Å². The topological polar surface area (TPSA) is 15.3 Å². The summed E-state index contributed by atoms with van der Waals surface area (Å²) in [5.41, 5.74) is 0.884. The number of hydrogen-bond acceptors (Lipinski definition) is 2. The summed E-state index contributed by atoms with van der Waals surface area (Å²) < 4.78 is 13.0. The molecule has 1 aromatic carbocycles. The van der Waals surface area contributed by atoms with Crippen molar-refractivity contribution in [3.63, 3.8) is 0 Å². The van der Waals surface area contributed by atoms with Crippen LogP contribution >= 0.6 is 0 Å². The Balaban J connectivity index is 1.46. The highest BCUT2D eigenvalue weighted by Crippen LogP contribution is 2.36. The second kappa shape index (κ2) is 4.65. The zero-order chi connectivity index (χ0) is 11.7. The van der Waals surface area contributed by atoms with E-state index in [1.165, 1.54) is 31.9 Å². The Bertz CT molecular complexity index is 394. The number of likely N-dealkylation sites (tertiary alicyclic amines) is 1. The molecule has 2 atom stereocenters. The van der Waals surface area contributed by atoms with E-state index in [2.05, 4.69) is 10.2 Å². The minimum absolute atomic E-state index is 0.171. The van der Waals surface area contributed by atoms with E-state index in [9.17, 15) is 4.39 Å². The van der Waals surface area contributed by atoms with Crippen molar-refractivity contribution in [1.82, 2.24) is 4.90 Å². The van der Waals surface area contributed by atoms with Crippen molar-refractivity contribution in [3.05, 3.63) is 30.1 Å². The number of hydrogen-bond donors (Lipinski definition) is 1. The maximum atomic E-state index is 13.0. The van der Waals surface area contributed by atoms with Crippen LogP contribution in [0.1, 0.15) is 19.3 Å². The number of fused-ring (bicyclic) bond motifs is 2. The Labute approximate surface area is 102 Å².